The Hall–Kier alpha value is -5.28. The number of nitriles is 2. The molecule has 2 atom stereocenters. The highest BCUT2D eigenvalue weighted by molar-refractivity contribution is 5.60. The molecule has 2 N–H and O–H groups in total. The van der Waals surface area contributed by atoms with Crippen molar-refractivity contribution in [3.63, 3.8) is 0 Å². The standard InChI is InChI=1S/2C24H25N3O/c2*25-13-16-1-3-17(4-2-16)18-5-9-20(10-6-18)24(28)23-21(19-7-8-19)11-12-27-15-26-14-22(23)27/h2*1-4,11-12,14-15,18-20,24,28H,5-10H2/t2*18?,20?,24-/m10/s1. The van der Waals surface area contributed by atoms with Crippen molar-refractivity contribution in [1.29, 1.82) is 10.5 Å². The summed E-state index contributed by atoms with van der Waals surface area (Å²) in [6.45, 7) is 0. The van der Waals surface area contributed by atoms with E-state index < -0.39 is 12.2 Å². The lowest BCUT2D eigenvalue weighted by molar-refractivity contribution is 0.0808. The van der Waals surface area contributed by atoms with E-state index >= 15 is 0 Å². The molecule has 4 aliphatic carbocycles. The van der Waals surface area contributed by atoms with Gasteiger partial charge in [-0.2, -0.15) is 10.5 Å². The Morgan fingerprint density at radius 3 is 1.20 bits per heavy atom. The third kappa shape index (κ3) is 7.37. The number of pyridine rings is 2. The summed E-state index contributed by atoms with van der Waals surface area (Å²) in [5.41, 5.74) is 11.1. The first-order valence-corrected chi connectivity index (χ1v) is 20.7. The van der Waals surface area contributed by atoms with Crippen molar-refractivity contribution in [2.45, 2.75) is 113 Å². The van der Waals surface area contributed by atoms with Gasteiger partial charge in [-0.3, -0.25) is 0 Å². The maximum Gasteiger partial charge on any atom is 0.0992 e. The second kappa shape index (κ2) is 15.7. The predicted molar refractivity (Wildman–Crippen MR) is 216 cm³/mol. The summed E-state index contributed by atoms with van der Waals surface area (Å²) in [5, 5.41) is 40.7. The minimum Gasteiger partial charge on any atom is -0.388 e. The lowest BCUT2D eigenvalue weighted by Gasteiger charge is -2.33. The Kier molecular flexibility index (Phi) is 10.2. The average Bonchev–Trinajstić information content (AvgIpc) is 4.19. The number of imidazole rings is 2. The summed E-state index contributed by atoms with van der Waals surface area (Å²) >= 11 is 0. The van der Waals surface area contributed by atoms with Crippen molar-refractivity contribution in [3.05, 3.63) is 143 Å². The average molecular weight is 743 g/mol. The smallest absolute Gasteiger partial charge is 0.0992 e. The van der Waals surface area contributed by atoms with Crippen LogP contribution in [0.25, 0.3) is 11.0 Å². The highest BCUT2D eigenvalue weighted by Gasteiger charge is 2.36. The van der Waals surface area contributed by atoms with Crippen molar-refractivity contribution < 1.29 is 10.2 Å². The van der Waals surface area contributed by atoms with Crippen LogP contribution >= 0.6 is 0 Å². The molecule has 8 heteroatoms. The van der Waals surface area contributed by atoms with E-state index in [1.54, 1.807) is 0 Å². The number of nitrogens with zero attached hydrogens (tertiary/aromatic N) is 6. The van der Waals surface area contributed by atoms with E-state index in [0.29, 0.717) is 35.5 Å². The van der Waals surface area contributed by atoms with Gasteiger partial charge in [-0.15, -0.1) is 0 Å². The monoisotopic (exact) mass is 742 g/mol. The molecule has 8 nitrogen and oxygen atoms in total. The van der Waals surface area contributed by atoms with Crippen LogP contribution in [-0.4, -0.2) is 29.0 Å². The fraction of sp³-hybridized carbons (Fsp3) is 0.417. The van der Waals surface area contributed by atoms with Crippen LogP contribution in [0.4, 0.5) is 0 Å². The van der Waals surface area contributed by atoms with Crippen molar-refractivity contribution in [1.82, 2.24) is 18.8 Å². The van der Waals surface area contributed by atoms with Crippen molar-refractivity contribution in [3.8, 4) is 12.1 Å². The number of aliphatic hydroxyl groups is 2. The van der Waals surface area contributed by atoms with Gasteiger partial charge >= 0.3 is 0 Å². The third-order valence-electron chi connectivity index (χ3n) is 13.4. The van der Waals surface area contributed by atoms with Gasteiger partial charge < -0.3 is 19.0 Å². The number of benzene rings is 2. The van der Waals surface area contributed by atoms with Gasteiger partial charge in [0.25, 0.3) is 0 Å². The number of fused-ring (bicyclic) bond motifs is 2. The maximum atomic E-state index is 11.4. The van der Waals surface area contributed by atoms with Crippen LogP contribution in [0.2, 0.25) is 0 Å². The molecule has 4 saturated carbocycles. The minimum atomic E-state index is -0.419. The molecule has 56 heavy (non-hydrogen) atoms. The molecule has 4 fully saturated rings. The molecule has 4 heterocycles. The van der Waals surface area contributed by atoms with E-state index in [-0.39, 0.29) is 0 Å². The number of hydrogen-bond acceptors (Lipinski definition) is 6. The normalized spacial score (nSPS) is 23.4. The zero-order valence-corrected chi connectivity index (χ0v) is 31.9. The number of aliphatic hydroxyl groups excluding tert-OH is 2. The van der Waals surface area contributed by atoms with Gasteiger partial charge in [-0.1, -0.05) is 24.3 Å². The zero-order chi connectivity index (χ0) is 38.2. The van der Waals surface area contributed by atoms with Crippen LogP contribution in [0.5, 0.6) is 0 Å². The van der Waals surface area contributed by atoms with E-state index in [0.717, 1.165) is 84.7 Å². The van der Waals surface area contributed by atoms with Crippen LogP contribution in [0.15, 0.2) is 98.1 Å². The SMILES string of the molecule is N#Cc1ccc(C2CCC([C@@H](O)c3c(C4CC4)ccn4cncc34)CC2)cc1.N#Cc1ccc(C2CCC([C@H](O)c3c(C4CC4)ccn4cncc34)CC2)cc1. The van der Waals surface area contributed by atoms with Gasteiger partial charge in [-0.25, -0.2) is 9.97 Å². The number of hydrogen-bond donors (Lipinski definition) is 2. The largest absolute Gasteiger partial charge is 0.388 e. The molecule has 2 aromatic carbocycles. The summed E-state index contributed by atoms with van der Waals surface area (Å²) < 4.78 is 4.07. The quantitative estimate of drug-likeness (QED) is 0.160. The summed E-state index contributed by atoms with van der Waals surface area (Å²) in [5.74, 6) is 2.88. The minimum absolute atomic E-state index is 0.299. The maximum absolute atomic E-state index is 11.4. The van der Waals surface area contributed by atoms with Gasteiger partial charge in [-0.05, 0) is 171 Å². The molecule has 4 aromatic heterocycles. The van der Waals surface area contributed by atoms with Crippen LogP contribution < -0.4 is 0 Å². The molecule has 0 amide bonds. The summed E-state index contributed by atoms with van der Waals surface area (Å²) in [6.07, 6.45) is 24.2. The number of rotatable bonds is 8. The van der Waals surface area contributed by atoms with E-state index in [1.165, 1.54) is 47.9 Å². The lowest BCUT2D eigenvalue weighted by Crippen LogP contribution is -2.21. The predicted octanol–water partition coefficient (Wildman–Crippen LogP) is 10.2. The first-order valence-electron chi connectivity index (χ1n) is 20.7. The highest BCUT2D eigenvalue weighted by Crippen LogP contribution is 2.49. The van der Waals surface area contributed by atoms with E-state index in [9.17, 15) is 10.2 Å². The van der Waals surface area contributed by atoms with Gasteiger partial charge in [0.1, 0.15) is 0 Å². The second-order valence-corrected chi connectivity index (χ2v) is 16.9. The fourth-order valence-corrected chi connectivity index (χ4v) is 9.87. The molecule has 0 radical (unpaired) electrons. The molecule has 6 aromatic rings. The van der Waals surface area contributed by atoms with Crippen molar-refractivity contribution >= 4 is 11.0 Å². The topological polar surface area (TPSA) is 123 Å². The molecular formula is C48H50N6O2. The van der Waals surface area contributed by atoms with E-state index in [1.807, 2.05) is 58.1 Å². The van der Waals surface area contributed by atoms with Crippen LogP contribution in [-0.2, 0) is 0 Å². The van der Waals surface area contributed by atoms with Gasteiger partial charge in [0.15, 0.2) is 0 Å². The number of aromatic nitrogens is 4. The summed E-state index contributed by atoms with van der Waals surface area (Å²) in [7, 11) is 0. The molecule has 0 aliphatic heterocycles. The van der Waals surface area contributed by atoms with Gasteiger partial charge in [0.05, 0.1) is 71.6 Å². The van der Waals surface area contributed by atoms with E-state index in [4.69, 9.17) is 10.5 Å². The Labute approximate surface area is 329 Å². The fourth-order valence-electron chi connectivity index (χ4n) is 9.87. The Morgan fingerprint density at radius 1 is 0.500 bits per heavy atom. The molecule has 0 spiro atoms. The Balaban J connectivity index is 0.000000146. The summed E-state index contributed by atoms with van der Waals surface area (Å²) in [6, 6.07) is 24.8. The first kappa shape index (κ1) is 36.4. The van der Waals surface area contributed by atoms with Gasteiger partial charge in [0.2, 0.25) is 0 Å². The Morgan fingerprint density at radius 2 is 0.857 bits per heavy atom. The molecule has 10 rings (SSSR count). The summed E-state index contributed by atoms with van der Waals surface area (Å²) in [4.78, 5) is 8.61. The van der Waals surface area contributed by atoms with Crippen molar-refractivity contribution in [2.75, 3.05) is 0 Å². The van der Waals surface area contributed by atoms with Crippen molar-refractivity contribution in [2.24, 2.45) is 11.8 Å². The Bertz CT molecular complexity index is 2210. The molecular weight excluding hydrogens is 693 g/mol. The van der Waals surface area contributed by atoms with Crippen LogP contribution in [0, 0.1) is 34.5 Å². The van der Waals surface area contributed by atoms with Crippen LogP contribution in [0.1, 0.15) is 157 Å². The third-order valence-corrected chi connectivity index (χ3v) is 13.4. The molecule has 0 saturated heterocycles. The zero-order valence-electron chi connectivity index (χ0n) is 31.9. The molecule has 284 valence electrons. The van der Waals surface area contributed by atoms with E-state index in [2.05, 4.69) is 70.9 Å². The lowest BCUT2D eigenvalue weighted by atomic mass is 9.75. The molecule has 0 bridgehead atoms. The first-order chi connectivity index (χ1) is 27.5. The highest BCUT2D eigenvalue weighted by atomic mass is 16.3. The van der Waals surface area contributed by atoms with Crippen LogP contribution in [0.3, 0.4) is 0 Å². The second-order valence-electron chi connectivity index (χ2n) is 16.9. The molecule has 4 aliphatic rings. The van der Waals surface area contributed by atoms with Gasteiger partial charge in [0, 0.05) is 23.5 Å². The molecule has 0 unspecified atom stereocenters.